The van der Waals surface area contributed by atoms with Crippen molar-refractivity contribution in [1.82, 2.24) is 4.90 Å². The fraction of sp³-hybridized carbons (Fsp3) is 0.923. The summed E-state index contributed by atoms with van der Waals surface area (Å²) in [7, 11) is 0. The monoisotopic (exact) mass is 261 g/mol. The van der Waals surface area contributed by atoms with Gasteiger partial charge in [0.15, 0.2) is 0 Å². The van der Waals surface area contributed by atoms with Gasteiger partial charge >= 0.3 is 0 Å². The molecule has 0 spiro atoms. The van der Waals surface area contributed by atoms with Gasteiger partial charge in [0.05, 0.1) is 6.61 Å². The first-order valence-corrected chi connectivity index (χ1v) is 6.69. The molecule has 100 valence electrons. The minimum atomic E-state index is 0. The number of carbonyl (C=O) groups is 1. The quantitative estimate of drug-likeness (QED) is 0.791. The van der Waals surface area contributed by atoms with Gasteiger partial charge in [0.25, 0.3) is 0 Å². The largest absolute Gasteiger partial charge is 0.395 e. The number of halogens is 1. The predicted molar refractivity (Wildman–Crippen MR) is 70.5 cm³/mol. The number of aliphatic hydroxyl groups excluding tert-OH is 1. The first-order valence-electron chi connectivity index (χ1n) is 6.69. The Morgan fingerprint density at radius 3 is 2.76 bits per heavy atom. The highest BCUT2D eigenvalue weighted by molar-refractivity contribution is 5.85. The molecule has 1 N–H and O–H groups in total. The lowest BCUT2D eigenvalue weighted by atomic mass is 9.98. The standard InChI is InChI=1S/C13H23NO2.ClH/c15-10-12-6-4-8-14(12)9-11-5-2-1-3-7-13(11)16;/h11-12,15H,1-10H2;1H. The number of hydrogen-bond acceptors (Lipinski definition) is 3. The molecule has 1 heterocycles. The number of aliphatic hydroxyl groups is 1. The summed E-state index contributed by atoms with van der Waals surface area (Å²) in [6, 6.07) is 0.316. The minimum Gasteiger partial charge on any atom is -0.395 e. The Morgan fingerprint density at radius 1 is 1.18 bits per heavy atom. The maximum atomic E-state index is 11.9. The summed E-state index contributed by atoms with van der Waals surface area (Å²) in [5.74, 6) is 0.704. The highest BCUT2D eigenvalue weighted by Gasteiger charge is 2.29. The number of carbonyl (C=O) groups excluding carboxylic acids is 1. The normalized spacial score (nSPS) is 31.0. The molecular formula is C13H24ClNO2. The molecule has 2 atom stereocenters. The van der Waals surface area contributed by atoms with E-state index in [9.17, 15) is 9.90 Å². The highest BCUT2D eigenvalue weighted by atomic mass is 35.5. The smallest absolute Gasteiger partial charge is 0.137 e. The zero-order valence-corrected chi connectivity index (χ0v) is 11.3. The van der Waals surface area contributed by atoms with E-state index in [4.69, 9.17) is 0 Å². The molecule has 1 saturated heterocycles. The van der Waals surface area contributed by atoms with Crippen LogP contribution < -0.4 is 0 Å². The van der Waals surface area contributed by atoms with Crippen LogP contribution in [0.2, 0.25) is 0 Å². The Kier molecular flexibility index (Phi) is 6.45. The molecular weight excluding hydrogens is 238 g/mol. The number of nitrogens with zero attached hydrogens (tertiary/aromatic N) is 1. The molecule has 17 heavy (non-hydrogen) atoms. The van der Waals surface area contributed by atoms with Crippen LogP contribution in [0.15, 0.2) is 0 Å². The third kappa shape index (κ3) is 3.94. The molecule has 0 aromatic rings. The second-order valence-electron chi connectivity index (χ2n) is 5.24. The maximum Gasteiger partial charge on any atom is 0.137 e. The van der Waals surface area contributed by atoms with Gasteiger partial charge in [0.1, 0.15) is 5.78 Å². The van der Waals surface area contributed by atoms with Crippen LogP contribution in [0.3, 0.4) is 0 Å². The average Bonchev–Trinajstić information content (AvgIpc) is 2.64. The number of hydrogen-bond donors (Lipinski definition) is 1. The first-order chi connectivity index (χ1) is 7.81. The van der Waals surface area contributed by atoms with Gasteiger partial charge in [-0.1, -0.05) is 12.8 Å². The molecule has 1 saturated carbocycles. The summed E-state index contributed by atoms with van der Waals surface area (Å²) in [5.41, 5.74) is 0. The summed E-state index contributed by atoms with van der Waals surface area (Å²) in [6.45, 7) is 2.21. The van der Waals surface area contributed by atoms with E-state index >= 15 is 0 Å². The summed E-state index contributed by atoms with van der Waals surface area (Å²) in [6.07, 6.45) is 7.61. The van der Waals surface area contributed by atoms with Gasteiger partial charge in [-0.25, -0.2) is 0 Å². The van der Waals surface area contributed by atoms with E-state index in [-0.39, 0.29) is 24.9 Å². The van der Waals surface area contributed by atoms with Gasteiger partial charge in [-0.2, -0.15) is 0 Å². The molecule has 2 fully saturated rings. The lowest BCUT2D eigenvalue weighted by Crippen LogP contribution is -2.38. The van der Waals surface area contributed by atoms with Crippen LogP contribution in [0, 0.1) is 5.92 Å². The zero-order chi connectivity index (χ0) is 11.4. The van der Waals surface area contributed by atoms with Crippen molar-refractivity contribution < 1.29 is 9.90 Å². The third-order valence-electron chi connectivity index (χ3n) is 4.10. The van der Waals surface area contributed by atoms with Crippen molar-refractivity contribution in [2.75, 3.05) is 19.7 Å². The lowest BCUT2D eigenvalue weighted by Gasteiger charge is -2.26. The lowest BCUT2D eigenvalue weighted by molar-refractivity contribution is -0.123. The molecule has 0 amide bonds. The number of likely N-dealkylation sites (tertiary alicyclic amines) is 1. The van der Waals surface area contributed by atoms with E-state index in [0.717, 1.165) is 38.8 Å². The fourth-order valence-electron chi connectivity index (χ4n) is 3.05. The SMILES string of the molecule is Cl.O=C1CCCCCC1CN1CCCC1CO. The summed E-state index contributed by atoms with van der Waals surface area (Å²) >= 11 is 0. The summed E-state index contributed by atoms with van der Waals surface area (Å²) in [4.78, 5) is 14.2. The number of ketones is 1. The van der Waals surface area contributed by atoms with Crippen LogP contribution in [0.5, 0.6) is 0 Å². The van der Waals surface area contributed by atoms with Crippen LogP contribution in [0.1, 0.15) is 44.9 Å². The van der Waals surface area contributed by atoms with E-state index < -0.39 is 0 Å². The Hall–Kier alpha value is -0.120. The van der Waals surface area contributed by atoms with Crippen LogP contribution in [-0.2, 0) is 4.79 Å². The van der Waals surface area contributed by atoms with E-state index in [2.05, 4.69) is 4.90 Å². The third-order valence-corrected chi connectivity index (χ3v) is 4.10. The first kappa shape index (κ1) is 14.9. The van der Waals surface area contributed by atoms with Crippen molar-refractivity contribution in [3.63, 3.8) is 0 Å². The number of rotatable bonds is 3. The Balaban J connectivity index is 0.00000144. The molecule has 0 aromatic heterocycles. The molecule has 2 unspecified atom stereocenters. The van der Waals surface area contributed by atoms with Crippen LogP contribution in [0.25, 0.3) is 0 Å². The molecule has 2 aliphatic rings. The maximum absolute atomic E-state index is 11.9. The molecule has 2 rings (SSSR count). The molecule has 1 aliphatic heterocycles. The van der Waals surface area contributed by atoms with Crippen molar-refractivity contribution in [3.8, 4) is 0 Å². The molecule has 0 aromatic carbocycles. The van der Waals surface area contributed by atoms with E-state index in [1.54, 1.807) is 0 Å². The van der Waals surface area contributed by atoms with Crippen LogP contribution in [-0.4, -0.2) is 41.5 Å². The van der Waals surface area contributed by atoms with Crippen LogP contribution in [0.4, 0.5) is 0 Å². The minimum absolute atomic E-state index is 0. The Bertz CT molecular complexity index is 248. The molecule has 0 radical (unpaired) electrons. The fourth-order valence-corrected chi connectivity index (χ4v) is 3.05. The zero-order valence-electron chi connectivity index (χ0n) is 10.4. The highest BCUT2D eigenvalue weighted by Crippen LogP contribution is 2.24. The topological polar surface area (TPSA) is 40.5 Å². The van der Waals surface area contributed by atoms with Crippen molar-refractivity contribution in [2.24, 2.45) is 5.92 Å². The van der Waals surface area contributed by atoms with Gasteiger partial charge < -0.3 is 5.11 Å². The Labute approximate surface area is 110 Å². The summed E-state index contributed by atoms with van der Waals surface area (Å²) < 4.78 is 0. The van der Waals surface area contributed by atoms with Crippen molar-refractivity contribution >= 4 is 18.2 Å². The predicted octanol–water partition coefficient (Wildman–Crippen LogP) is 2.01. The van der Waals surface area contributed by atoms with Crippen molar-refractivity contribution in [1.29, 1.82) is 0 Å². The van der Waals surface area contributed by atoms with Gasteiger partial charge in [-0.05, 0) is 32.2 Å². The van der Waals surface area contributed by atoms with Gasteiger partial charge in [0.2, 0.25) is 0 Å². The molecule has 1 aliphatic carbocycles. The van der Waals surface area contributed by atoms with E-state index in [0.29, 0.717) is 11.8 Å². The second-order valence-corrected chi connectivity index (χ2v) is 5.24. The Morgan fingerprint density at radius 2 is 2.00 bits per heavy atom. The van der Waals surface area contributed by atoms with Gasteiger partial charge in [0, 0.05) is 24.9 Å². The van der Waals surface area contributed by atoms with Crippen molar-refractivity contribution in [3.05, 3.63) is 0 Å². The van der Waals surface area contributed by atoms with Gasteiger partial charge in [-0.3, -0.25) is 9.69 Å². The summed E-state index contributed by atoms with van der Waals surface area (Å²) in [5, 5.41) is 9.26. The number of Topliss-reactive ketones (excluding diaryl/α,β-unsaturated/α-hetero) is 1. The molecule has 0 bridgehead atoms. The van der Waals surface area contributed by atoms with Crippen molar-refractivity contribution in [2.45, 2.75) is 51.0 Å². The second kappa shape index (κ2) is 7.34. The van der Waals surface area contributed by atoms with Crippen LogP contribution >= 0.6 is 12.4 Å². The average molecular weight is 262 g/mol. The van der Waals surface area contributed by atoms with Gasteiger partial charge in [-0.15, -0.1) is 12.4 Å². The van der Waals surface area contributed by atoms with E-state index in [1.807, 2.05) is 0 Å². The molecule has 4 heteroatoms. The molecule has 3 nitrogen and oxygen atoms in total. The van der Waals surface area contributed by atoms with E-state index in [1.165, 1.54) is 19.3 Å².